The molecule has 0 aliphatic rings. The van der Waals surface area contributed by atoms with Crippen LogP contribution in [0.3, 0.4) is 0 Å². The molecule has 0 saturated carbocycles. The third-order valence-corrected chi connectivity index (χ3v) is 4.10. The zero-order chi connectivity index (χ0) is 14.7. The first-order valence-electron chi connectivity index (χ1n) is 7.48. The van der Waals surface area contributed by atoms with Crippen LogP contribution in [-0.2, 0) is 6.42 Å². The highest BCUT2D eigenvalue weighted by Crippen LogP contribution is 2.26. The Kier molecular flexibility index (Phi) is 4.07. The van der Waals surface area contributed by atoms with Crippen LogP contribution in [0.1, 0.15) is 29.3 Å². The molecule has 0 bridgehead atoms. The van der Waals surface area contributed by atoms with Gasteiger partial charge in [-0.3, -0.25) is 0 Å². The Morgan fingerprint density at radius 2 is 1.81 bits per heavy atom. The van der Waals surface area contributed by atoms with Crippen molar-refractivity contribution >= 4 is 11.0 Å². The van der Waals surface area contributed by atoms with E-state index in [-0.39, 0.29) is 6.04 Å². The molecule has 21 heavy (non-hydrogen) atoms. The summed E-state index contributed by atoms with van der Waals surface area (Å²) in [6, 6.07) is 19.1. The maximum absolute atomic E-state index is 5.98. The number of fused-ring (bicyclic) bond motifs is 1. The van der Waals surface area contributed by atoms with Crippen LogP contribution in [0, 0.1) is 6.92 Å². The van der Waals surface area contributed by atoms with Gasteiger partial charge in [0.05, 0.1) is 6.04 Å². The summed E-state index contributed by atoms with van der Waals surface area (Å²) >= 11 is 0. The van der Waals surface area contributed by atoms with Crippen LogP contribution >= 0.6 is 0 Å². The molecule has 1 atom stereocenters. The van der Waals surface area contributed by atoms with Gasteiger partial charge in [-0.25, -0.2) is 0 Å². The van der Waals surface area contributed by atoms with E-state index in [1.54, 1.807) is 0 Å². The van der Waals surface area contributed by atoms with Crippen LogP contribution in [0.25, 0.3) is 11.0 Å². The Balaban J connectivity index is 1.77. The number of para-hydroxylation sites is 1. The quantitative estimate of drug-likeness (QED) is 0.736. The molecule has 1 N–H and O–H groups in total. The van der Waals surface area contributed by atoms with Gasteiger partial charge in [0.2, 0.25) is 0 Å². The van der Waals surface area contributed by atoms with Crippen molar-refractivity contribution < 1.29 is 4.42 Å². The minimum Gasteiger partial charge on any atom is -0.459 e. The van der Waals surface area contributed by atoms with Crippen molar-refractivity contribution in [1.29, 1.82) is 0 Å². The first kappa shape index (κ1) is 13.9. The molecule has 1 heterocycles. The Labute approximate surface area is 125 Å². The molecule has 3 aromatic rings. The highest BCUT2D eigenvalue weighted by Gasteiger charge is 2.14. The van der Waals surface area contributed by atoms with Crippen LogP contribution in [-0.4, -0.2) is 7.05 Å². The lowest BCUT2D eigenvalue weighted by molar-refractivity contribution is 0.433. The van der Waals surface area contributed by atoms with E-state index >= 15 is 0 Å². The molecule has 0 spiro atoms. The first-order valence-corrected chi connectivity index (χ1v) is 7.48. The summed E-state index contributed by atoms with van der Waals surface area (Å²) in [5.74, 6) is 1.02. The van der Waals surface area contributed by atoms with Crippen molar-refractivity contribution in [1.82, 2.24) is 5.32 Å². The number of rotatable bonds is 5. The number of furan rings is 1. The second-order valence-corrected chi connectivity index (χ2v) is 5.49. The maximum Gasteiger partial charge on any atom is 0.134 e. The maximum atomic E-state index is 5.98. The van der Waals surface area contributed by atoms with Crippen molar-refractivity contribution in [2.24, 2.45) is 0 Å². The van der Waals surface area contributed by atoms with Gasteiger partial charge >= 0.3 is 0 Å². The van der Waals surface area contributed by atoms with Gasteiger partial charge in [0, 0.05) is 5.39 Å². The molecule has 0 aliphatic carbocycles. The molecule has 0 radical (unpaired) electrons. The summed E-state index contributed by atoms with van der Waals surface area (Å²) in [7, 11) is 2.00. The normalized spacial score (nSPS) is 12.7. The Hall–Kier alpha value is -2.06. The van der Waals surface area contributed by atoms with Gasteiger partial charge in [0.1, 0.15) is 11.3 Å². The lowest BCUT2D eigenvalue weighted by Crippen LogP contribution is -2.16. The minimum absolute atomic E-state index is 0.247. The molecule has 1 aromatic heterocycles. The van der Waals surface area contributed by atoms with E-state index in [9.17, 15) is 0 Å². The van der Waals surface area contributed by atoms with Crippen LogP contribution in [0.4, 0.5) is 0 Å². The largest absolute Gasteiger partial charge is 0.459 e. The summed E-state index contributed by atoms with van der Waals surface area (Å²) in [5.41, 5.74) is 3.73. The van der Waals surface area contributed by atoms with Gasteiger partial charge in [0.15, 0.2) is 0 Å². The van der Waals surface area contributed by atoms with Gasteiger partial charge in [0.25, 0.3) is 0 Å². The molecule has 2 aromatic carbocycles. The third kappa shape index (κ3) is 3.01. The second-order valence-electron chi connectivity index (χ2n) is 5.49. The van der Waals surface area contributed by atoms with Gasteiger partial charge in [-0.15, -0.1) is 0 Å². The Morgan fingerprint density at radius 3 is 2.57 bits per heavy atom. The van der Waals surface area contributed by atoms with Crippen LogP contribution < -0.4 is 5.32 Å². The van der Waals surface area contributed by atoms with Crippen molar-refractivity contribution in [2.45, 2.75) is 25.8 Å². The summed E-state index contributed by atoms with van der Waals surface area (Å²) in [5, 5.41) is 4.55. The fourth-order valence-electron chi connectivity index (χ4n) is 2.79. The van der Waals surface area contributed by atoms with E-state index in [0.717, 1.165) is 24.2 Å². The number of nitrogens with one attached hydrogen (secondary N) is 1. The molecular weight excluding hydrogens is 258 g/mol. The fourth-order valence-corrected chi connectivity index (χ4v) is 2.79. The first-order chi connectivity index (χ1) is 10.3. The number of hydrogen-bond donors (Lipinski definition) is 1. The molecule has 2 nitrogen and oxygen atoms in total. The third-order valence-electron chi connectivity index (χ3n) is 4.10. The topological polar surface area (TPSA) is 25.2 Å². The van der Waals surface area contributed by atoms with Gasteiger partial charge in [-0.2, -0.15) is 0 Å². The molecule has 1 unspecified atom stereocenters. The van der Waals surface area contributed by atoms with Crippen molar-refractivity contribution in [3.8, 4) is 0 Å². The van der Waals surface area contributed by atoms with E-state index in [2.05, 4.69) is 48.6 Å². The number of aryl methyl sites for hydroxylation is 2. The zero-order valence-electron chi connectivity index (χ0n) is 12.6. The summed E-state index contributed by atoms with van der Waals surface area (Å²) in [6.07, 6.45) is 2.08. The number of hydrogen-bond acceptors (Lipinski definition) is 2. The van der Waals surface area contributed by atoms with Gasteiger partial charge in [-0.05, 0) is 50.1 Å². The predicted molar refractivity (Wildman–Crippen MR) is 87.5 cm³/mol. The van der Waals surface area contributed by atoms with E-state index in [0.29, 0.717) is 0 Å². The second kappa shape index (κ2) is 6.15. The van der Waals surface area contributed by atoms with E-state index in [1.807, 2.05) is 25.2 Å². The molecular formula is C19H21NO. The zero-order valence-corrected chi connectivity index (χ0v) is 12.6. The van der Waals surface area contributed by atoms with Gasteiger partial charge < -0.3 is 9.73 Å². The smallest absolute Gasteiger partial charge is 0.134 e. The molecule has 2 heteroatoms. The monoisotopic (exact) mass is 279 g/mol. The molecule has 0 aliphatic heterocycles. The summed E-state index contributed by atoms with van der Waals surface area (Å²) in [6.45, 7) is 2.17. The molecule has 3 rings (SSSR count). The predicted octanol–water partition coefficient (Wildman–Crippen LogP) is 4.63. The molecule has 0 amide bonds. The van der Waals surface area contributed by atoms with E-state index < -0.39 is 0 Å². The average Bonchev–Trinajstić information content (AvgIpc) is 2.93. The van der Waals surface area contributed by atoms with Crippen LogP contribution in [0.2, 0.25) is 0 Å². The molecule has 108 valence electrons. The summed E-state index contributed by atoms with van der Waals surface area (Å²) < 4.78 is 5.98. The van der Waals surface area contributed by atoms with Crippen molar-refractivity contribution in [2.75, 3.05) is 7.05 Å². The summed E-state index contributed by atoms with van der Waals surface area (Å²) in [4.78, 5) is 0. The van der Waals surface area contributed by atoms with Crippen molar-refractivity contribution in [3.05, 3.63) is 71.5 Å². The highest BCUT2D eigenvalue weighted by atomic mass is 16.3. The Morgan fingerprint density at radius 1 is 1.05 bits per heavy atom. The lowest BCUT2D eigenvalue weighted by atomic mass is 10.00. The molecule has 0 fully saturated rings. The molecule has 0 saturated heterocycles. The van der Waals surface area contributed by atoms with Crippen molar-refractivity contribution in [3.63, 3.8) is 0 Å². The Bertz CT molecular complexity index is 696. The standard InChI is InChI=1S/C19H21NO/c1-14-7-3-4-8-15(14)11-12-17(20-2)19-13-16-9-5-6-10-18(16)21-19/h3-10,13,17,20H,11-12H2,1-2H3. The fraction of sp³-hybridized carbons (Fsp3) is 0.263. The number of benzene rings is 2. The van der Waals surface area contributed by atoms with E-state index in [4.69, 9.17) is 4.42 Å². The average molecular weight is 279 g/mol. The van der Waals surface area contributed by atoms with Crippen LogP contribution in [0.15, 0.2) is 59.0 Å². The van der Waals surface area contributed by atoms with Crippen LogP contribution in [0.5, 0.6) is 0 Å². The SMILES string of the molecule is CNC(CCc1ccccc1C)c1cc2ccccc2o1. The van der Waals surface area contributed by atoms with Gasteiger partial charge in [-0.1, -0.05) is 42.5 Å². The highest BCUT2D eigenvalue weighted by molar-refractivity contribution is 5.77. The lowest BCUT2D eigenvalue weighted by Gasteiger charge is -2.14. The van der Waals surface area contributed by atoms with E-state index in [1.165, 1.54) is 16.5 Å². The minimum atomic E-state index is 0.247.